The number of benzene rings is 2. The zero-order chi connectivity index (χ0) is 19.6. The molecule has 1 heterocycles. The molecule has 2 aromatic carbocycles. The lowest BCUT2D eigenvalue weighted by molar-refractivity contribution is -0.231. The molecule has 3 rings (SSSR count). The molecule has 1 aliphatic heterocycles. The van der Waals surface area contributed by atoms with E-state index in [-0.39, 0.29) is 0 Å². The highest BCUT2D eigenvalue weighted by Gasteiger charge is 2.43. The van der Waals surface area contributed by atoms with Crippen LogP contribution in [0.25, 0.3) is 0 Å². The number of aliphatic hydroxyl groups excluding tert-OH is 4. The van der Waals surface area contributed by atoms with Gasteiger partial charge in [0.15, 0.2) is 0 Å². The Kier molecular flexibility index (Phi) is 6.26. The van der Waals surface area contributed by atoms with Gasteiger partial charge < -0.3 is 30.6 Å². The molecule has 0 saturated carbocycles. The maximum absolute atomic E-state index is 10.3. The Bertz CT molecular complexity index is 795. The standard InChI is InChI=1S/C20H22ClNO5/c21-15-6-5-13(20-19(26)18(25)17(24)16(10-23)27-20)8-14(15)7-11-1-3-12(9-22)4-2-11/h1-6,8-9,16-20,22-26H,7,10H2/t16-,17-,18+,19-,20+/m1/s1. The van der Waals surface area contributed by atoms with Crippen LogP contribution in [0.3, 0.4) is 0 Å². The first-order chi connectivity index (χ1) is 12.9. The Hall–Kier alpha value is -1.80. The van der Waals surface area contributed by atoms with Gasteiger partial charge in [-0.25, -0.2) is 0 Å². The summed E-state index contributed by atoms with van der Waals surface area (Å²) in [7, 11) is 0. The van der Waals surface area contributed by atoms with Crippen molar-refractivity contribution in [1.82, 2.24) is 0 Å². The van der Waals surface area contributed by atoms with E-state index in [1.807, 2.05) is 24.3 Å². The van der Waals surface area contributed by atoms with E-state index in [0.717, 1.165) is 16.7 Å². The van der Waals surface area contributed by atoms with E-state index in [9.17, 15) is 20.4 Å². The van der Waals surface area contributed by atoms with E-state index < -0.39 is 37.1 Å². The predicted octanol–water partition coefficient (Wildman–Crippen LogP) is 1.44. The van der Waals surface area contributed by atoms with E-state index in [0.29, 0.717) is 17.0 Å². The fraction of sp³-hybridized carbons (Fsp3) is 0.350. The summed E-state index contributed by atoms with van der Waals surface area (Å²) in [5.41, 5.74) is 3.23. The lowest BCUT2D eigenvalue weighted by atomic mass is 9.90. The predicted molar refractivity (Wildman–Crippen MR) is 101 cm³/mol. The van der Waals surface area contributed by atoms with Crippen LogP contribution >= 0.6 is 11.6 Å². The third-order valence-electron chi connectivity index (χ3n) is 4.83. The first-order valence-corrected chi connectivity index (χ1v) is 9.00. The molecule has 2 aromatic rings. The van der Waals surface area contributed by atoms with Crippen molar-refractivity contribution in [2.24, 2.45) is 0 Å². The normalized spacial score (nSPS) is 28.1. The quantitative estimate of drug-likeness (QED) is 0.495. The van der Waals surface area contributed by atoms with E-state index in [4.69, 9.17) is 21.7 Å². The molecule has 1 fully saturated rings. The van der Waals surface area contributed by atoms with E-state index in [1.165, 1.54) is 6.21 Å². The van der Waals surface area contributed by atoms with E-state index >= 15 is 0 Å². The van der Waals surface area contributed by atoms with Gasteiger partial charge in [-0.1, -0.05) is 48.0 Å². The average molecular weight is 392 g/mol. The summed E-state index contributed by atoms with van der Waals surface area (Å²) in [6, 6.07) is 12.7. The lowest BCUT2D eigenvalue weighted by Gasteiger charge is -2.40. The van der Waals surface area contributed by atoms with Crippen LogP contribution in [0, 0.1) is 5.41 Å². The van der Waals surface area contributed by atoms with Crippen LogP contribution in [0.4, 0.5) is 0 Å². The van der Waals surface area contributed by atoms with Gasteiger partial charge in [0, 0.05) is 11.2 Å². The topological polar surface area (TPSA) is 114 Å². The molecule has 27 heavy (non-hydrogen) atoms. The zero-order valence-electron chi connectivity index (χ0n) is 14.5. The monoisotopic (exact) mass is 391 g/mol. The van der Waals surface area contributed by atoms with Crippen LogP contribution in [0.15, 0.2) is 42.5 Å². The molecule has 5 N–H and O–H groups in total. The Morgan fingerprint density at radius 2 is 1.70 bits per heavy atom. The second-order valence-electron chi connectivity index (χ2n) is 6.66. The van der Waals surface area contributed by atoms with Crippen LogP contribution in [0.1, 0.15) is 28.4 Å². The van der Waals surface area contributed by atoms with Crippen molar-refractivity contribution in [3.05, 3.63) is 69.7 Å². The molecular formula is C20H22ClNO5. The minimum absolute atomic E-state index is 0.471. The minimum atomic E-state index is -1.42. The minimum Gasteiger partial charge on any atom is -0.394 e. The second-order valence-corrected chi connectivity index (χ2v) is 7.07. The summed E-state index contributed by atoms with van der Waals surface area (Å²) in [5, 5.41) is 47.4. The van der Waals surface area contributed by atoms with Gasteiger partial charge in [-0.15, -0.1) is 0 Å². The second kappa shape index (κ2) is 8.48. The Morgan fingerprint density at radius 3 is 2.33 bits per heavy atom. The molecule has 0 aromatic heterocycles. The van der Waals surface area contributed by atoms with Gasteiger partial charge in [0.05, 0.1) is 6.61 Å². The van der Waals surface area contributed by atoms with Gasteiger partial charge in [-0.05, 0) is 34.7 Å². The molecule has 1 saturated heterocycles. The van der Waals surface area contributed by atoms with Crippen molar-refractivity contribution in [3.63, 3.8) is 0 Å². The van der Waals surface area contributed by atoms with Crippen molar-refractivity contribution >= 4 is 17.8 Å². The Balaban J connectivity index is 1.86. The molecule has 7 heteroatoms. The number of halogens is 1. The Labute approximate surface area is 162 Å². The summed E-state index contributed by atoms with van der Waals surface area (Å²) in [6.45, 7) is -0.471. The summed E-state index contributed by atoms with van der Waals surface area (Å²) in [4.78, 5) is 0. The number of hydrogen-bond acceptors (Lipinski definition) is 6. The third kappa shape index (κ3) is 4.21. The van der Waals surface area contributed by atoms with Gasteiger partial charge in [0.2, 0.25) is 0 Å². The first-order valence-electron chi connectivity index (χ1n) is 8.63. The van der Waals surface area contributed by atoms with Gasteiger partial charge in [-0.3, -0.25) is 0 Å². The third-order valence-corrected chi connectivity index (χ3v) is 5.20. The molecule has 0 unspecified atom stereocenters. The van der Waals surface area contributed by atoms with Gasteiger partial charge in [-0.2, -0.15) is 0 Å². The maximum atomic E-state index is 10.3. The number of rotatable bonds is 5. The molecular weight excluding hydrogens is 370 g/mol. The highest BCUT2D eigenvalue weighted by Crippen LogP contribution is 2.34. The lowest BCUT2D eigenvalue weighted by Crippen LogP contribution is -2.55. The summed E-state index contributed by atoms with van der Waals surface area (Å²) >= 11 is 6.32. The molecule has 0 amide bonds. The van der Waals surface area contributed by atoms with Gasteiger partial charge in [0.25, 0.3) is 0 Å². The molecule has 0 bridgehead atoms. The van der Waals surface area contributed by atoms with Crippen LogP contribution in [0.2, 0.25) is 5.02 Å². The molecule has 0 aliphatic carbocycles. The number of ether oxygens (including phenoxy) is 1. The Morgan fingerprint density at radius 1 is 1.00 bits per heavy atom. The summed E-state index contributed by atoms with van der Waals surface area (Å²) in [6.07, 6.45) is -4.17. The molecule has 0 radical (unpaired) electrons. The van der Waals surface area contributed by atoms with Crippen molar-refractivity contribution in [2.75, 3.05) is 6.61 Å². The van der Waals surface area contributed by atoms with Crippen LogP contribution in [-0.4, -0.2) is 57.7 Å². The molecule has 0 spiro atoms. The van der Waals surface area contributed by atoms with E-state index in [1.54, 1.807) is 18.2 Å². The van der Waals surface area contributed by atoms with E-state index in [2.05, 4.69) is 0 Å². The largest absolute Gasteiger partial charge is 0.394 e. The van der Waals surface area contributed by atoms with Gasteiger partial charge >= 0.3 is 0 Å². The summed E-state index contributed by atoms with van der Waals surface area (Å²) in [5.74, 6) is 0. The molecule has 144 valence electrons. The van der Waals surface area contributed by atoms with Crippen molar-refractivity contribution in [1.29, 1.82) is 5.41 Å². The summed E-state index contributed by atoms with van der Waals surface area (Å²) < 4.78 is 5.61. The smallest absolute Gasteiger partial charge is 0.113 e. The molecule has 5 atom stereocenters. The number of aliphatic hydroxyl groups is 4. The first kappa shape index (κ1) is 19.9. The molecule has 1 aliphatic rings. The van der Waals surface area contributed by atoms with Crippen LogP contribution in [0.5, 0.6) is 0 Å². The highest BCUT2D eigenvalue weighted by molar-refractivity contribution is 6.31. The van der Waals surface area contributed by atoms with Crippen LogP contribution in [-0.2, 0) is 11.2 Å². The average Bonchev–Trinajstić information content (AvgIpc) is 2.69. The number of hydrogen-bond donors (Lipinski definition) is 5. The van der Waals surface area contributed by atoms with Crippen LogP contribution < -0.4 is 0 Å². The molecule has 6 nitrogen and oxygen atoms in total. The number of nitrogens with one attached hydrogen (secondary N) is 1. The van der Waals surface area contributed by atoms with Crippen molar-refractivity contribution < 1.29 is 25.2 Å². The van der Waals surface area contributed by atoms with Crippen molar-refractivity contribution in [2.45, 2.75) is 36.9 Å². The maximum Gasteiger partial charge on any atom is 0.113 e. The fourth-order valence-electron chi connectivity index (χ4n) is 3.24. The zero-order valence-corrected chi connectivity index (χ0v) is 15.3. The fourth-order valence-corrected chi connectivity index (χ4v) is 3.42. The van der Waals surface area contributed by atoms with Crippen molar-refractivity contribution in [3.8, 4) is 0 Å². The SMILES string of the molecule is N=Cc1ccc(Cc2cc([C@@H]3O[C@H](CO)[C@@H](O)[C@H](O)[C@H]3O)ccc2Cl)cc1. The highest BCUT2D eigenvalue weighted by atomic mass is 35.5. The van der Waals surface area contributed by atoms with Gasteiger partial charge in [0.1, 0.15) is 30.5 Å².